The van der Waals surface area contributed by atoms with Crippen molar-refractivity contribution < 1.29 is 9.47 Å². The Hall–Kier alpha value is -1.59. The third-order valence-corrected chi connectivity index (χ3v) is 4.99. The third kappa shape index (κ3) is 1.65. The highest BCUT2D eigenvalue weighted by atomic mass is 16.5. The lowest BCUT2D eigenvalue weighted by atomic mass is 10.0. The average Bonchev–Trinajstić information content (AvgIpc) is 2.85. The fourth-order valence-electron chi connectivity index (χ4n) is 4.25. The van der Waals surface area contributed by atoms with Crippen molar-refractivity contribution in [2.24, 2.45) is 23.7 Å². The third-order valence-electron chi connectivity index (χ3n) is 4.99. The van der Waals surface area contributed by atoms with Crippen LogP contribution in [0.1, 0.15) is 19.3 Å². The molecular weight excluding hydrogens is 244 g/mol. The van der Waals surface area contributed by atoms with Crippen molar-refractivity contribution in [2.75, 3.05) is 19.5 Å². The summed E-state index contributed by atoms with van der Waals surface area (Å²) in [6.45, 7) is 0. The number of anilines is 1. The highest BCUT2D eigenvalue weighted by molar-refractivity contribution is 5.35. The second-order valence-electron chi connectivity index (χ2n) is 5.79. The van der Waals surface area contributed by atoms with Gasteiger partial charge in [-0.2, -0.15) is 9.97 Å². The number of hydrogen-bond donors (Lipinski definition) is 1. The first-order valence-corrected chi connectivity index (χ1v) is 6.90. The lowest BCUT2D eigenvalue weighted by Gasteiger charge is -2.11. The molecular formula is C13H18N4O2. The summed E-state index contributed by atoms with van der Waals surface area (Å²) in [5, 5.41) is 3.45. The van der Waals surface area contributed by atoms with E-state index in [1.54, 1.807) is 14.2 Å². The molecule has 0 radical (unpaired) electrons. The lowest BCUT2D eigenvalue weighted by molar-refractivity contribution is 0.341. The van der Waals surface area contributed by atoms with Gasteiger partial charge in [0, 0.05) is 6.04 Å². The molecule has 0 spiro atoms. The highest BCUT2D eigenvalue weighted by Gasteiger charge is 2.65. The van der Waals surface area contributed by atoms with Crippen LogP contribution >= 0.6 is 0 Å². The summed E-state index contributed by atoms with van der Waals surface area (Å²) in [6.07, 6.45) is 4.26. The number of nitrogens with one attached hydrogen (secondary N) is 1. The minimum Gasteiger partial charge on any atom is -0.467 e. The van der Waals surface area contributed by atoms with E-state index >= 15 is 0 Å². The number of nitrogens with zero attached hydrogens (tertiary/aromatic N) is 3. The molecule has 102 valence electrons. The van der Waals surface area contributed by atoms with Gasteiger partial charge in [-0.3, -0.25) is 0 Å². The second-order valence-corrected chi connectivity index (χ2v) is 5.79. The van der Waals surface area contributed by atoms with E-state index in [9.17, 15) is 0 Å². The summed E-state index contributed by atoms with van der Waals surface area (Å²) < 4.78 is 10.1. The topological polar surface area (TPSA) is 69.2 Å². The molecule has 0 aliphatic heterocycles. The van der Waals surface area contributed by atoms with Crippen molar-refractivity contribution in [2.45, 2.75) is 25.3 Å². The minimum absolute atomic E-state index is 0.295. The van der Waals surface area contributed by atoms with Gasteiger partial charge in [-0.25, -0.2) is 0 Å². The molecule has 4 rings (SSSR count). The van der Waals surface area contributed by atoms with Gasteiger partial charge in [0.05, 0.1) is 14.2 Å². The molecule has 0 saturated heterocycles. The van der Waals surface area contributed by atoms with Crippen LogP contribution in [0.5, 0.6) is 12.0 Å². The molecule has 0 aromatic carbocycles. The predicted molar refractivity (Wildman–Crippen MR) is 68.2 cm³/mol. The molecule has 4 unspecified atom stereocenters. The zero-order chi connectivity index (χ0) is 13.0. The Bertz CT molecular complexity index is 471. The fraction of sp³-hybridized carbons (Fsp3) is 0.769. The molecule has 3 aliphatic carbocycles. The van der Waals surface area contributed by atoms with Crippen LogP contribution in [-0.4, -0.2) is 35.2 Å². The Morgan fingerprint density at radius 2 is 1.53 bits per heavy atom. The Labute approximate surface area is 111 Å². The molecule has 1 aromatic heterocycles. The lowest BCUT2D eigenvalue weighted by Crippen LogP contribution is -2.15. The van der Waals surface area contributed by atoms with Crippen LogP contribution in [-0.2, 0) is 0 Å². The SMILES string of the molecule is COc1nc(NC2C3C4CCC(C4)C23)nc(OC)n1. The number of aromatic nitrogens is 3. The Morgan fingerprint density at radius 3 is 2.05 bits per heavy atom. The number of ether oxygens (including phenoxy) is 2. The van der Waals surface area contributed by atoms with E-state index in [0.717, 1.165) is 23.7 Å². The van der Waals surface area contributed by atoms with E-state index in [-0.39, 0.29) is 0 Å². The van der Waals surface area contributed by atoms with Crippen molar-refractivity contribution >= 4 is 5.95 Å². The molecule has 0 amide bonds. The first-order valence-electron chi connectivity index (χ1n) is 6.90. The summed E-state index contributed by atoms with van der Waals surface area (Å²) in [7, 11) is 3.09. The van der Waals surface area contributed by atoms with Crippen LogP contribution in [0.3, 0.4) is 0 Å². The molecule has 6 nitrogen and oxygen atoms in total. The summed E-state index contributed by atoms with van der Waals surface area (Å²) in [6, 6.07) is 1.13. The van der Waals surface area contributed by atoms with Gasteiger partial charge in [-0.1, -0.05) is 0 Å². The molecule has 1 aromatic rings. The van der Waals surface area contributed by atoms with Crippen molar-refractivity contribution in [3.05, 3.63) is 0 Å². The zero-order valence-electron chi connectivity index (χ0n) is 11.2. The standard InChI is InChI=1S/C13H18N4O2/c1-18-12-15-11(16-13(17-12)19-2)14-10-8-6-3-4-7(5-6)9(8)10/h6-10H,3-5H2,1-2H3,(H,14,15,16,17). The molecule has 3 fully saturated rings. The second kappa shape index (κ2) is 3.95. The largest absolute Gasteiger partial charge is 0.467 e. The molecule has 19 heavy (non-hydrogen) atoms. The first kappa shape index (κ1) is 11.3. The Balaban J connectivity index is 1.52. The maximum absolute atomic E-state index is 5.07. The fourth-order valence-corrected chi connectivity index (χ4v) is 4.25. The van der Waals surface area contributed by atoms with Crippen molar-refractivity contribution in [3.63, 3.8) is 0 Å². The van der Waals surface area contributed by atoms with Gasteiger partial charge in [0.25, 0.3) is 0 Å². The first-order chi connectivity index (χ1) is 9.30. The van der Waals surface area contributed by atoms with Gasteiger partial charge in [0.15, 0.2) is 0 Å². The van der Waals surface area contributed by atoms with Crippen molar-refractivity contribution in [1.29, 1.82) is 0 Å². The van der Waals surface area contributed by atoms with Crippen LogP contribution in [0, 0.1) is 23.7 Å². The number of hydrogen-bond acceptors (Lipinski definition) is 6. The number of methoxy groups -OCH3 is 2. The van der Waals surface area contributed by atoms with Crippen molar-refractivity contribution in [3.8, 4) is 12.0 Å². The number of fused-ring (bicyclic) bond motifs is 5. The summed E-state index contributed by atoms with van der Waals surface area (Å²) >= 11 is 0. The van der Waals surface area contributed by atoms with Crippen LogP contribution in [0.15, 0.2) is 0 Å². The van der Waals surface area contributed by atoms with E-state index in [2.05, 4.69) is 20.3 Å². The molecule has 3 saturated carbocycles. The monoisotopic (exact) mass is 262 g/mol. The summed E-state index contributed by atoms with van der Waals surface area (Å²) in [5.74, 6) is 4.11. The maximum Gasteiger partial charge on any atom is 0.324 e. The van der Waals surface area contributed by atoms with Gasteiger partial charge in [0.2, 0.25) is 5.95 Å². The molecule has 6 heteroatoms. The number of rotatable bonds is 4. The quantitative estimate of drug-likeness (QED) is 0.883. The summed E-state index contributed by atoms with van der Waals surface area (Å²) in [5.41, 5.74) is 0. The van der Waals surface area contributed by atoms with Gasteiger partial charge < -0.3 is 14.8 Å². The van der Waals surface area contributed by atoms with Gasteiger partial charge in [0.1, 0.15) is 0 Å². The highest BCUT2D eigenvalue weighted by Crippen LogP contribution is 2.66. The van der Waals surface area contributed by atoms with E-state index in [0.29, 0.717) is 24.0 Å². The van der Waals surface area contributed by atoms with Crippen LogP contribution < -0.4 is 14.8 Å². The Morgan fingerprint density at radius 1 is 0.947 bits per heavy atom. The zero-order valence-corrected chi connectivity index (χ0v) is 11.2. The van der Waals surface area contributed by atoms with E-state index in [4.69, 9.17) is 9.47 Å². The van der Waals surface area contributed by atoms with Crippen LogP contribution in [0.25, 0.3) is 0 Å². The maximum atomic E-state index is 5.07. The van der Waals surface area contributed by atoms with Gasteiger partial charge in [-0.15, -0.1) is 4.98 Å². The van der Waals surface area contributed by atoms with Crippen LogP contribution in [0.4, 0.5) is 5.95 Å². The van der Waals surface area contributed by atoms with Gasteiger partial charge >= 0.3 is 12.0 Å². The van der Waals surface area contributed by atoms with E-state index < -0.39 is 0 Å². The smallest absolute Gasteiger partial charge is 0.324 e. The van der Waals surface area contributed by atoms with Crippen LogP contribution in [0.2, 0.25) is 0 Å². The normalized spacial score (nSPS) is 37.9. The molecule has 4 atom stereocenters. The molecule has 3 aliphatic rings. The molecule has 1 N–H and O–H groups in total. The minimum atomic E-state index is 0.295. The molecule has 1 heterocycles. The Kier molecular flexibility index (Phi) is 2.34. The summed E-state index contributed by atoms with van der Waals surface area (Å²) in [4.78, 5) is 12.5. The molecule has 2 bridgehead atoms. The average molecular weight is 262 g/mol. The van der Waals surface area contributed by atoms with E-state index in [1.165, 1.54) is 19.3 Å². The van der Waals surface area contributed by atoms with Crippen molar-refractivity contribution in [1.82, 2.24) is 15.0 Å². The predicted octanol–water partition coefficient (Wildman–Crippen LogP) is 1.35. The van der Waals surface area contributed by atoms with Gasteiger partial charge in [-0.05, 0) is 42.9 Å². The van der Waals surface area contributed by atoms with E-state index in [1.807, 2.05) is 0 Å².